The number of nitrogens with one attached hydrogen (secondary N) is 2. The van der Waals surface area contributed by atoms with Crippen LogP contribution in [0.25, 0.3) is 10.9 Å². The first-order valence-corrected chi connectivity index (χ1v) is 6.10. The Morgan fingerprint density at radius 3 is 2.76 bits per heavy atom. The van der Waals surface area contributed by atoms with Crippen LogP contribution in [0.5, 0.6) is 0 Å². The second-order valence-corrected chi connectivity index (χ2v) is 4.71. The maximum absolute atomic E-state index is 7.52. The number of nitrogens with zero attached hydrogens (tertiary/aromatic N) is 2. The molecule has 1 aromatic heterocycles. The zero-order valence-corrected chi connectivity index (χ0v) is 11.6. The van der Waals surface area contributed by atoms with Gasteiger partial charge < -0.3 is 10.7 Å². The minimum absolute atomic E-state index is 0.402. The summed E-state index contributed by atoms with van der Waals surface area (Å²) in [5, 5.41) is 11.7. The quantitative estimate of drug-likeness (QED) is 0.660. The van der Waals surface area contributed by atoms with E-state index in [4.69, 9.17) is 17.0 Å². The molecule has 6 heteroatoms. The highest BCUT2D eigenvalue weighted by atomic mass is 79.9. The molecule has 2 N–H and O–H groups in total. The molecule has 0 amide bonds. The first-order valence-electron chi connectivity index (χ1n) is 4.93. The van der Waals surface area contributed by atoms with Crippen LogP contribution < -0.4 is 5.32 Å². The number of aromatic nitrogens is 2. The summed E-state index contributed by atoms with van der Waals surface area (Å²) in [7, 11) is 1.80. The third-order valence-electron chi connectivity index (χ3n) is 2.44. The van der Waals surface area contributed by atoms with Gasteiger partial charge in [0.1, 0.15) is 11.0 Å². The molecule has 4 nitrogen and oxygen atoms in total. The summed E-state index contributed by atoms with van der Waals surface area (Å²) in [5.74, 6) is 0.593. The molecule has 0 unspecified atom stereocenters. The van der Waals surface area contributed by atoms with Crippen LogP contribution >= 0.6 is 27.5 Å². The van der Waals surface area contributed by atoms with E-state index >= 15 is 0 Å². The van der Waals surface area contributed by atoms with E-state index in [-0.39, 0.29) is 0 Å². The number of hydrogen-bond donors (Lipinski definition) is 2. The Morgan fingerprint density at radius 2 is 2.18 bits per heavy atom. The molecule has 0 saturated heterocycles. The topological polar surface area (TPSA) is 61.7 Å². The molecule has 0 aliphatic carbocycles. The van der Waals surface area contributed by atoms with E-state index in [2.05, 4.69) is 31.2 Å². The number of anilines is 1. The van der Waals surface area contributed by atoms with Gasteiger partial charge in [0.2, 0.25) is 0 Å². The van der Waals surface area contributed by atoms with Gasteiger partial charge in [-0.25, -0.2) is 9.97 Å². The minimum atomic E-state index is 0.402. The van der Waals surface area contributed by atoms with Crippen molar-refractivity contribution in [3.05, 3.63) is 27.1 Å². The van der Waals surface area contributed by atoms with Crippen molar-refractivity contribution in [1.82, 2.24) is 9.97 Å². The molecule has 0 aliphatic heterocycles. The van der Waals surface area contributed by atoms with Crippen molar-refractivity contribution < 1.29 is 0 Å². The second-order valence-electron chi connectivity index (χ2n) is 3.50. The van der Waals surface area contributed by atoms with E-state index in [1.165, 1.54) is 6.21 Å². The highest BCUT2D eigenvalue weighted by Gasteiger charge is 2.13. The van der Waals surface area contributed by atoms with E-state index < -0.39 is 0 Å². The molecule has 0 atom stereocenters. The van der Waals surface area contributed by atoms with Crippen molar-refractivity contribution >= 4 is 50.3 Å². The number of fused-ring (bicyclic) bond motifs is 1. The fraction of sp³-hybridized carbons (Fsp3) is 0.182. The molecule has 1 heterocycles. The number of benzene rings is 1. The molecule has 0 spiro atoms. The van der Waals surface area contributed by atoms with E-state index in [1.54, 1.807) is 14.0 Å². The predicted octanol–water partition coefficient (Wildman–Crippen LogP) is 3.39. The highest BCUT2D eigenvalue weighted by Crippen LogP contribution is 2.34. The summed E-state index contributed by atoms with van der Waals surface area (Å²) >= 11 is 9.53. The van der Waals surface area contributed by atoms with Gasteiger partial charge in [-0.3, -0.25) is 0 Å². The highest BCUT2D eigenvalue weighted by molar-refractivity contribution is 9.10. The maximum Gasteiger partial charge on any atom is 0.140 e. The minimum Gasteiger partial charge on any atom is -0.387 e. The van der Waals surface area contributed by atoms with Crippen LogP contribution in [0.2, 0.25) is 5.15 Å². The summed E-state index contributed by atoms with van der Waals surface area (Å²) in [4.78, 5) is 8.46. The van der Waals surface area contributed by atoms with Crippen molar-refractivity contribution in [1.29, 1.82) is 5.41 Å². The van der Waals surface area contributed by atoms with Crippen LogP contribution in [0, 0.1) is 12.3 Å². The Morgan fingerprint density at radius 1 is 1.47 bits per heavy atom. The van der Waals surface area contributed by atoms with Gasteiger partial charge in [0.25, 0.3) is 0 Å². The zero-order valence-electron chi connectivity index (χ0n) is 9.31. The zero-order chi connectivity index (χ0) is 12.6. The monoisotopic (exact) mass is 312 g/mol. The van der Waals surface area contributed by atoms with Gasteiger partial charge in [0, 0.05) is 28.7 Å². The van der Waals surface area contributed by atoms with Gasteiger partial charge in [-0.05, 0) is 28.9 Å². The molecule has 1 aromatic carbocycles. The lowest BCUT2D eigenvalue weighted by Gasteiger charge is -2.11. The first-order chi connectivity index (χ1) is 8.08. The molecular formula is C11H10BrClN4. The van der Waals surface area contributed by atoms with Crippen LogP contribution in [0.4, 0.5) is 5.69 Å². The number of halogens is 2. The van der Waals surface area contributed by atoms with Crippen molar-refractivity contribution in [3.63, 3.8) is 0 Å². The SMILES string of the molecule is CNc1c(Br)cc2c(Cl)nc(C)nc2c1C=N. The van der Waals surface area contributed by atoms with E-state index in [0.717, 1.165) is 15.5 Å². The number of aryl methyl sites for hydroxylation is 1. The Balaban J connectivity index is 2.98. The summed E-state index contributed by atoms with van der Waals surface area (Å²) < 4.78 is 0.834. The van der Waals surface area contributed by atoms with Gasteiger partial charge in [0.15, 0.2) is 0 Å². The van der Waals surface area contributed by atoms with Crippen LogP contribution in [-0.4, -0.2) is 23.2 Å². The smallest absolute Gasteiger partial charge is 0.140 e. The van der Waals surface area contributed by atoms with Gasteiger partial charge in [-0.2, -0.15) is 0 Å². The molecule has 0 fully saturated rings. The van der Waals surface area contributed by atoms with Crippen molar-refractivity contribution in [3.8, 4) is 0 Å². The fourth-order valence-corrected chi connectivity index (χ4v) is 2.63. The molecule has 88 valence electrons. The second kappa shape index (κ2) is 4.58. The van der Waals surface area contributed by atoms with Crippen molar-refractivity contribution in [2.75, 3.05) is 12.4 Å². The summed E-state index contributed by atoms with van der Waals surface area (Å²) in [5.41, 5.74) is 2.20. The maximum atomic E-state index is 7.52. The van der Waals surface area contributed by atoms with Crippen LogP contribution in [0.1, 0.15) is 11.4 Å². The van der Waals surface area contributed by atoms with Gasteiger partial charge in [-0.15, -0.1) is 0 Å². The molecule has 17 heavy (non-hydrogen) atoms. The molecule has 0 aliphatic rings. The molecular weight excluding hydrogens is 304 g/mol. The van der Waals surface area contributed by atoms with Crippen LogP contribution in [0.3, 0.4) is 0 Å². The molecule has 0 radical (unpaired) electrons. The number of hydrogen-bond acceptors (Lipinski definition) is 4. The van der Waals surface area contributed by atoms with Crippen molar-refractivity contribution in [2.45, 2.75) is 6.92 Å². The van der Waals surface area contributed by atoms with Crippen LogP contribution in [0.15, 0.2) is 10.5 Å². The molecule has 2 aromatic rings. The average molecular weight is 314 g/mol. The van der Waals surface area contributed by atoms with E-state index in [0.29, 0.717) is 22.1 Å². The Bertz CT molecular complexity index is 612. The lowest BCUT2D eigenvalue weighted by Crippen LogP contribution is -2.00. The van der Waals surface area contributed by atoms with E-state index in [9.17, 15) is 0 Å². The largest absolute Gasteiger partial charge is 0.387 e. The molecule has 0 saturated carbocycles. The Hall–Kier alpha value is -1.20. The third kappa shape index (κ3) is 2.00. The van der Waals surface area contributed by atoms with Gasteiger partial charge in [0.05, 0.1) is 11.2 Å². The lowest BCUT2D eigenvalue weighted by atomic mass is 10.1. The standard InChI is InChI=1S/C11H10BrClN4/c1-5-16-9-6(11(13)17-5)3-8(12)10(15-2)7(9)4-14/h3-4,14-15H,1-2H3. The van der Waals surface area contributed by atoms with Gasteiger partial charge in [-0.1, -0.05) is 11.6 Å². The Labute approximate surface area is 112 Å². The number of rotatable bonds is 2. The normalized spacial score (nSPS) is 10.6. The molecule has 2 rings (SSSR count). The first kappa shape index (κ1) is 12.3. The van der Waals surface area contributed by atoms with Crippen LogP contribution in [-0.2, 0) is 0 Å². The fourth-order valence-electron chi connectivity index (χ4n) is 1.72. The summed E-state index contributed by atoms with van der Waals surface area (Å²) in [6.07, 6.45) is 1.27. The molecule has 0 bridgehead atoms. The summed E-state index contributed by atoms with van der Waals surface area (Å²) in [6, 6.07) is 1.86. The lowest BCUT2D eigenvalue weighted by molar-refractivity contribution is 1.09. The van der Waals surface area contributed by atoms with Crippen molar-refractivity contribution in [2.24, 2.45) is 0 Å². The van der Waals surface area contributed by atoms with Gasteiger partial charge >= 0.3 is 0 Å². The third-order valence-corrected chi connectivity index (χ3v) is 3.35. The predicted molar refractivity (Wildman–Crippen MR) is 74.4 cm³/mol. The average Bonchev–Trinajstić information content (AvgIpc) is 2.28. The summed E-state index contributed by atoms with van der Waals surface area (Å²) in [6.45, 7) is 1.78. The van der Waals surface area contributed by atoms with E-state index in [1.807, 2.05) is 6.07 Å². The Kier molecular flexibility index (Phi) is 3.31.